The maximum Gasteiger partial charge on any atom is 0.123 e. The second-order valence-corrected chi connectivity index (χ2v) is 19.2. The van der Waals surface area contributed by atoms with Crippen LogP contribution in [0.15, 0.2) is 116 Å². The summed E-state index contributed by atoms with van der Waals surface area (Å²) in [5.74, 6) is 0.689. The topological polar surface area (TPSA) is 43.6 Å². The van der Waals surface area contributed by atoms with Crippen LogP contribution >= 0.6 is 11.3 Å². The maximum atomic E-state index is 13.4. The van der Waals surface area contributed by atoms with Gasteiger partial charge in [0.2, 0.25) is 0 Å². The summed E-state index contributed by atoms with van der Waals surface area (Å²) in [5, 5.41) is 3.62. The van der Waals surface area contributed by atoms with Crippen LogP contribution in [0.3, 0.4) is 0 Å². The van der Waals surface area contributed by atoms with Gasteiger partial charge in [-0.1, -0.05) is 67.0 Å². The number of pyridine rings is 2. The second kappa shape index (κ2) is 14.3. The van der Waals surface area contributed by atoms with E-state index in [1.165, 1.54) is 17.3 Å². The molecule has 0 bridgehead atoms. The molecule has 8 rings (SSSR count). The summed E-state index contributed by atoms with van der Waals surface area (Å²) in [6.45, 7) is 11.4. The molecule has 0 aliphatic heterocycles. The number of imidazole rings is 1. The number of fused-ring (bicyclic) bond motifs is 4. The molecule has 0 fully saturated rings. The van der Waals surface area contributed by atoms with Crippen molar-refractivity contribution in [3.05, 3.63) is 133 Å². The van der Waals surface area contributed by atoms with E-state index in [1.54, 1.807) is 23.5 Å². The van der Waals surface area contributed by atoms with Crippen LogP contribution in [0, 0.1) is 17.9 Å². The molecular formula is C41H35FIrN4SSi-2. The van der Waals surface area contributed by atoms with E-state index < -0.39 is 8.07 Å². The number of aromatic nitrogens is 4. The Morgan fingerprint density at radius 1 is 0.776 bits per heavy atom. The Balaban J connectivity index is 0.000000208. The molecule has 4 aromatic carbocycles. The van der Waals surface area contributed by atoms with E-state index in [1.807, 2.05) is 48.8 Å². The molecule has 8 heteroatoms. The van der Waals surface area contributed by atoms with Gasteiger partial charge < -0.3 is 9.55 Å². The Morgan fingerprint density at radius 2 is 1.55 bits per heavy atom. The molecule has 0 unspecified atom stereocenters. The van der Waals surface area contributed by atoms with Gasteiger partial charge in [0.1, 0.15) is 10.6 Å². The molecule has 0 spiro atoms. The van der Waals surface area contributed by atoms with E-state index in [-0.39, 0.29) is 32.0 Å². The molecule has 0 N–H and O–H groups in total. The van der Waals surface area contributed by atoms with Crippen LogP contribution in [0.1, 0.15) is 19.9 Å². The normalized spacial score (nSPS) is 11.5. The first-order chi connectivity index (χ1) is 23.2. The third kappa shape index (κ3) is 7.05. The van der Waals surface area contributed by atoms with Crippen LogP contribution in [0.4, 0.5) is 4.39 Å². The molecule has 0 aliphatic carbocycles. The number of benzene rings is 4. The molecule has 0 aliphatic rings. The first-order valence-corrected chi connectivity index (χ1v) is 20.4. The largest absolute Gasteiger partial charge is 0.362 e. The first-order valence-electron chi connectivity index (χ1n) is 16.1. The molecule has 4 nitrogen and oxygen atoms in total. The molecule has 0 amide bonds. The minimum atomic E-state index is -1.23. The van der Waals surface area contributed by atoms with Gasteiger partial charge in [0, 0.05) is 49.5 Å². The quantitative estimate of drug-likeness (QED) is 0.128. The van der Waals surface area contributed by atoms with Crippen molar-refractivity contribution in [2.75, 3.05) is 0 Å². The van der Waals surface area contributed by atoms with Crippen molar-refractivity contribution in [1.82, 2.24) is 19.5 Å². The summed E-state index contributed by atoms with van der Waals surface area (Å²) in [7, 11) is -1.23. The fourth-order valence-corrected chi connectivity index (χ4v) is 8.04. The number of rotatable bonds is 5. The average molecular weight is 855 g/mol. The number of hydrogen-bond donors (Lipinski definition) is 0. The fourth-order valence-electron chi connectivity index (χ4n) is 5.88. The number of para-hydroxylation sites is 2. The Hall–Kier alpha value is -4.33. The van der Waals surface area contributed by atoms with Crippen LogP contribution < -0.4 is 5.19 Å². The summed E-state index contributed by atoms with van der Waals surface area (Å²) in [4.78, 5) is 15.2. The first kappa shape index (κ1) is 34.5. The van der Waals surface area contributed by atoms with Crippen molar-refractivity contribution in [3.63, 3.8) is 0 Å². The van der Waals surface area contributed by atoms with Gasteiger partial charge in [0.05, 0.1) is 24.9 Å². The minimum absolute atomic E-state index is 0. The predicted octanol–water partition coefficient (Wildman–Crippen LogP) is 10.7. The standard InChI is InChI=1S/C27H19FN3S.C14H16NSi.Ir/c1-16(2)31-24-9-4-3-8-23(24)30-26(31)21-7-5-6-20-22-14-18(15-29-27(22)32-25(20)21)17-10-12-19(28)13-11-17;1-16(2,3)13-9-10-14(15-11-13)12-7-5-4-6-8-12;/h3-6,8-16H,1-2H3;4-7,9-11H,1-3H3;/q2*-1;. The van der Waals surface area contributed by atoms with Gasteiger partial charge in [0.25, 0.3) is 0 Å². The van der Waals surface area contributed by atoms with Gasteiger partial charge in [-0.2, -0.15) is 11.3 Å². The Morgan fingerprint density at radius 3 is 2.24 bits per heavy atom. The molecule has 4 aromatic heterocycles. The van der Waals surface area contributed by atoms with E-state index in [0.717, 1.165) is 65.1 Å². The zero-order chi connectivity index (χ0) is 33.4. The van der Waals surface area contributed by atoms with Crippen LogP contribution in [-0.2, 0) is 20.1 Å². The SMILES string of the molecule is CC(C)n1c(-c2[c-]ccc3c2sc2ncc(-c4ccc(F)cc4)cc23)nc2ccccc21.C[Si](C)(C)c1ccc(-c2[c-]cccc2)nc1.[Ir]. The van der Waals surface area contributed by atoms with Crippen molar-refractivity contribution in [2.24, 2.45) is 0 Å². The Bertz CT molecular complexity index is 2360. The molecule has 0 saturated heterocycles. The van der Waals surface area contributed by atoms with Gasteiger partial charge >= 0.3 is 0 Å². The summed E-state index contributed by atoms with van der Waals surface area (Å²) in [5.41, 5.74) is 7.09. The Labute approximate surface area is 305 Å². The molecule has 8 aromatic rings. The second-order valence-electron chi connectivity index (χ2n) is 13.1. The average Bonchev–Trinajstić information content (AvgIpc) is 3.68. The molecule has 0 saturated carbocycles. The van der Waals surface area contributed by atoms with Gasteiger partial charge in [-0.05, 0) is 65.3 Å². The maximum absolute atomic E-state index is 13.4. The molecule has 0 atom stereocenters. The van der Waals surface area contributed by atoms with Crippen LogP contribution in [0.25, 0.3) is 65.1 Å². The van der Waals surface area contributed by atoms with Crippen molar-refractivity contribution < 1.29 is 24.5 Å². The zero-order valence-corrected chi connectivity index (χ0v) is 32.2. The summed E-state index contributed by atoms with van der Waals surface area (Å²) in [6, 6.07) is 40.1. The third-order valence-corrected chi connectivity index (χ3v) is 11.6. The molecule has 247 valence electrons. The van der Waals surface area contributed by atoms with Crippen molar-refractivity contribution in [2.45, 2.75) is 39.5 Å². The van der Waals surface area contributed by atoms with Gasteiger partial charge in [-0.25, -0.2) is 9.37 Å². The molecular weight excluding hydrogens is 820 g/mol. The summed E-state index contributed by atoms with van der Waals surface area (Å²) in [6.07, 6.45) is 3.88. The molecule has 4 heterocycles. The van der Waals surface area contributed by atoms with E-state index >= 15 is 0 Å². The van der Waals surface area contributed by atoms with Gasteiger partial charge in [-0.15, -0.1) is 54.1 Å². The summed E-state index contributed by atoms with van der Waals surface area (Å²) < 4.78 is 16.8. The third-order valence-electron chi connectivity index (χ3n) is 8.42. The van der Waals surface area contributed by atoms with Crippen LogP contribution in [0.2, 0.25) is 19.6 Å². The number of nitrogens with zero attached hydrogens (tertiary/aromatic N) is 4. The fraction of sp³-hybridized carbons (Fsp3) is 0.146. The van der Waals surface area contributed by atoms with Gasteiger partial charge in [-0.3, -0.25) is 4.98 Å². The predicted molar refractivity (Wildman–Crippen MR) is 202 cm³/mol. The Kier molecular flexibility index (Phi) is 10.0. The molecule has 1 radical (unpaired) electrons. The van der Waals surface area contributed by atoms with Crippen molar-refractivity contribution in [3.8, 4) is 33.8 Å². The number of hydrogen-bond acceptors (Lipinski definition) is 4. The van der Waals surface area contributed by atoms with E-state index in [4.69, 9.17) is 9.97 Å². The number of thiophene rings is 1. The van der Waals surface area contributed by atoms with Crippen LogP contribution in [-0.4, -0.2) is 27.6 Å². The number of halogens is 1. The van der Waals surface area contributed by atoms with Crippen molar-refractivity contribution in [1.29, 1.82) is 0 Å². The monoisotopic (exact) mass is 855 g/mol. The minimum Gasteiger partial charge on any atom is -0.362 e. The van der Waals surface area contributed by atoms with Crippen LogP contribution in [0.5, 0.6) is 0 Å². The van der Waals surface area contributed by atoms with Crippen molar-refractivity contribution >= 4 is 55.9 Å². The zero-order valence-electron chi connectivity index (χ0n) is 28.0. The smallest absolute Gasteiger partial charge is 0.123 e. The molecule has 49 heavy (non-hydrogen) atoms. The van der Waals surface area contributed by atoms with E-state index in [0.29, 0.717) is 0 Å². The van der Waals surface area contributed by atoms with E-state index in [2.05, 4.69) is 97.6 Å². The van der Waals surface area contributed by atoms with Gasteiger partial charge in [0.15, 0.2) is 0 Å². The summed E-state index contributed by atoms with van der Waals surface area (Å²) >= 11 is 1.66. The van der Waals surface area contributed by atoms with E-state index in [9.17, 15) is 4.39 Å².